The minimum Gasteiger partial charge on any atom is -0.465 e. The smallest absolute Gasteiger partial charge is 0.348 e. The van der Waals surface area contributed by atoms with Crippen LogP contribution in [0.25, 0.3) is 0 Å². The number of rotatable bonds is 12. The number of carbonyl (C=O) groups excluding carboxylic acids is 2. The Kier molecular flexibility index (Phi) is 9.02. The van der Waals surface area contributed by atoms with Crippen LogP contribution in [-0.4, -0.2) is 43.3 Å². The number of hydrogen-bond acceptors (Lipinski definition) is 6. The molecule has 2 aromatic rings. The molecule has 0 aliphatic carbocycles. The number of methoxy groups -OCH3 is 1. The standard InChI is InChI=1S/C25H31NO5S/c1-3-4-5-6-19(15-27)18-7-9-20(10-8-18)26-21(11-14-24(26)28)16-31-17-22-12-13-23(32-22)25(29)30-2/h7-14,19,21,27H,3-6,15-17H2,1-2H3/t19?,21-/m1/s1. The molecule has 3 rings (SSSR count). The third kappa shape index (κ3) is 6.06. The summed E-state index contributed by atoms with van der Waals surface area (Å²) in [5, 5.41) is 9.76. The first-order valence-electron chi connectivity index (χ1n) is 11.0. The van der Waals surface area contributed by atoms with Gasteiger partial charge in [-0.1, -0.05) is 44.4 Å². The van der Waals surface area contributed by atoms with Gasteiger partial charge in [0, 0.05) is 29.2 Å². The molecule has 1 aromatic heterocycles. The van der Waals surface area contributed by atoms with Gasteiger partial charge >= 0.3 is 5.97 Å². The third-order valence-corrected chi connectivity index (χ3v) is 6.67. The number of aliphatic hydroxyl groups is 1. The largest absolute Gasteiger partial charge is 0.465 e. The fourth-order valence-electron chi connectivity index (χ4n) is 3.83. The SMILES string of the molecule is CCCCCC(CO)c1ccc(N2C(=O)C=C[C@@H]2COCc2ccc(C(=O)OC)s2)cc1. The van der Waals surface area contributed by atoms with Crippen molar-refractivity contribution in [3.8, 4) is 0 Å². The molecule has 1 amide bonds. The molecule has 0 bridgehead atoms. The lowest BCUT2D eigenvalue weighted by Gasteiger charge is -2.25. The van der Waals surface area contributed by atoms with Crippen molar-refractivity contribution < 1.29 is 24.2 Å². The number of esters is 1. The maximum absolute atomic E-state index is 12.5. The number of carbonyl (C=O) groups is 2. The Hall–Kier alpha value is -2.48. The second kappa shape index (κ2) is 11.9. The van der Waals surface area contributed by atoms with E-state index in [4.69, 9.17) is 9.47 Å². The van der Waals surface area contributed by atoms with Gasteiger partial charge < -0.3 is 14.6 Å². The van der Waals surface area contributed by atoms with Gasteiger partial charge in [-0.2, -0.15) is 0 Å². The van der Waals surface area contributed by atoms with Gasteiger partial charge in [0.15, 0.2) is 0 Å². The second-order valence-corrected chi connectivity index (χ2v) is 9.04. The predicted octanol–water partition coefficient (Wildman–Crippen LogP) is 4.68. The van der Waals surface area contributed by atoms with Crippen LogP contribution in [0.4, 0.5) is 5.69 Å². The number of unbranched alkanes of at least 4 members (excludes halogenated alkanes) is 2. The minimum absolute atomic E-state index is 0.0721. The number of nitrogens with zero attached hydrogens (tertiary/aromatic N) is 1. The van der Waals surface area contributed by atoms with Crippen molar-refractivity contribution in [3.05, 3.63) is 63.9 Å². The van der Waals surface area contributed by atoms with Crippen LogP contribution in [-0.2, 0) is 20.9 Å². The highest BCUT2D eigenvalue weighted by Gasteiger charge is 2.27. The average Bonchev–Trinajstić information content (AvgIpc) is 3.43. The van der Waals surface area contributed by atoms with Crippen molar-refractivity contribution in [3.63, 3.8) is 0 Å². The van der Waals surface area contributed by atoms with Gasteiger partial charge in [-0.15, -0.1) is 11.3 Å². The second-order valence-electron chi connectivity index (χ2n) is 7.87. The molecule has 1 aliphatic rings. The summed E-state index contributed by atoms with van der Waals surface area (Å²) in [6, 6.07) is 11.3. The maximum Gasteiger partial charge on any atom is 0.348 e. The summed E-state index contributed by atoms with van der Waals surface area (Å²) in [6.07, 6.45) is 7.81. The van der Waals surface area contributed by atoms with Gasteiger partial charge in [-0.3, -0.25) is 9.69 Å². The summed E-state index contributed by atoms with van der Waals surface area (Å²) in [5.74, 6) is -0.297. The van der Waals surface area contributed by atoms with E-state index < -0.39 is 0 Å². The van der Waals surface area contributed by atoms with Crippen LogP contribution in [0.3, 0.4) is 0 Å². The fraction of sp³-hybridized carbons (Fsp3) is 0.440. The number of hydrogen-bond donors (Lipinski definition) is 1. The van der Waals surface area contributed by atoms with Gasteiger partial charge in [0.2, 0.25) is 0 Å². The van der Waals surface area contributed by atoms with Crippen LogP contribution < -0.4 is 4.90 Å². The summed E-state index contributed by atoms with van der Waals surface area (Å²) in [6.45, 7) is 3.02. The van der Waals surface area contributed by atoms with Gasteiger partial charge in [0.25, 0.3) is 5.91 Å². The summed E-state index contributed by atoms with van der Waals surface area (Å²) in [5.41, 5.74) is 1.91. The molecule has 7 heteroatoms. The van der Waals surface area contributed by atoms with E-state index in [9.17, 15) is 14.7 Å². The zero-order chi connectivity index (χ0) is 22.9. The summed E-state index contributed by atoms with van der Waals surface area (Å²) < 4.78 is 10.6. The highest BCUT2D eigenvalue weighted by atomic mass is 32.1. The van der Waals surface area contributed by atoms with Crippen LogP contribution in [0, 0.1) is 0 Å². The first-order chi connectivity index (χ1) is 15.6. The Balaban J connectivity index is 1.58. The molecule has 1 aromatic carbocycles. The van der Waals surface area contributed by atoms with Crippen LogP contribution in [0.15, 0.2) is 48.6 Å². The molecule has 172 valence electrons. The average molecular weight is 458 g/mol. The number of anilines is 1. The van der Waals surface area contributed by atoms with Crippen LogP contribution in [0.5, 0.6) is 0 Å². The lowest BCUT2D eigenvalue weighted by Crippen LogP contribution is -2.36. The van der Waals surface area contributed by atoms with Gasteiger partial charge in [0.05, 0.1) is 26.4 Å². The fourth-order valence-corrected chi connectivity index (χ4v) is 4.69. The number of benzene rings is 1. The van der Waals surface area contributed by atoms with E-state index in [0.717, 1.165) is 35.4 Å². The monoisotopic (exact) mass is 457 g/mol. The van der Waals surface area contributed by atoms with Crippen LogP contribution in [0.2, 0.25) is 0 Å². The van der Waals surface area contributed by atoms with E-state index in [1.165, 1.54) is 24.9 Å². The first kappa shape index (κ1) is 24.2. The van der Waals surface area contributed by atoms with Gasteiger partial charge in [-0.25, -0.2) is 4.79 Å². The first-order valence-corrected chi connectivity index (χ1v) is 11.9. The molecule has 0 saturated carbocycles. The van der Waals surface area contributed by atoms with E-state index in [-0.39, 0.29) is 30.4 Å². The highest BCUT2D eigenvalue weighted by molar-refractivity contribution is 7.13. The summed E-state index contributed by atoms with van der Waals surface area (Å²) >= 11 is 1.34. The van der Waals surface area contributed by atoms with Gasteiger partial charge in [-0.05, 0) is 36.2 Å². The molecular formula is C25H31NO5S. The Morgan fingerprint density at radius 3 is 2.66 bits per heavy atom. The topological polar surface area (TPSA) is 76.1 Å². The molecule has 2 atom stereocenters. The van der Waals surface area contributed by atoms with Crippen molar-refractivity contribution in [1.82, 2.24) is 0 Å². The van der Waals surface area contributed by atoms with Crippen molar-refractivity contribution >= 4 is 28.9 Å². The Labute approximate surface area is 193 Å². The zero-order valence-electron chi connectivity index (χ0n) is 18.7. The quantitative estimate of drug-likeness (QED) is 0.370. The molecule has 32 heavy (non-hydrogen) atoms. The highest BCUT2D eigenvalue weighted by Crippen LogP contribution is 2.28. The maximum atomic E-state index is 12.5. The Bertz CT molecular complexity index is 921. The third-order valence-electron chi connectivity index (χ3n) is 5.63. The molecule has 6 nitrogen and oxygen atoms in total. The molecule has 0 radical (unpaired) electrons. The Morgan fingerprint density at radius 1 is 1.19 bits per heavy atom. The van der Waals surface area contributed by atoms with E-state index in [1.807, 2.05) is 36.4 Å². The lowest BCUT2D eigenvalue weighted by molar-refractivity contribution is -0.114. The van der Waals surface area contributed by atoms with Crippen LogP contribution in [0.1, 0.15) is 58.6 Å². The molecule has 0 spiro atoms. The normalized spacial score (nSPS) is 16.5. The van der Waals surface area contributed by atoms with Crippen molar-refractivity contribution in [1.29, 1.82) is 0 Å². The van der Waals surface area contributed by atoms with E-state index in [1.54, 1.807) is 17.0 Å². The van der Waals surface area contributed by atoms with Gasteiger partial charge in [0.1, 0.15) is 4.88 Å². The number of amides is 1. The van der Waals surface area contributed by atoms with Crippen molar-refractivity contribution in [2.45, 2.75) is 51.2 Å². The van der Waals surface area contributed by atoms with E-state index in [0.29, 0.717) is 18.1 Å². The Morgan fingerprint density at radius 2 is 1.97 bits per heavy atom. The van der Waals surface area contributed by atoms with Crippen molar-refractivity contribution in [2.24, 2.45) is 0 Å². The van der Waals surface area contributed by atoms with Crippen LogP contribution >= 0.6 is 11.3 Å². The lowest BCUT2D eigenvalue weighted by atomic mass is 9.93. The number of aliphatic hydroxyl groups excluding tert-OH is 1. The predicted molar refractivity (Wildman–Crippen MR) is 126 cm³/mol. The summed E-state index contributed by atoms with van der Waals surface area (Å²) in [4.78, 5) is 27.2. The molecule has 0 saturated heterocycles. The summed E-state index contributed by atoms with van der Waals surface area (Å²) in [7, 11) is 1.36. The molecule has 2 heterocycles. The zero-order valence-corrected chi connectivity index (χ0v) is 19.5. The molecular weight excluding hydrogens is 426 g/mol. The number of ether oxygens (including phenoxy) is 2. The molecule has 1 unspecified atom stereocenters. The van der Waals surface area contributed by atoms with E-state index in [2.05, 4.69) is 6.92 Å². The molecule has 1 aliphatic heterocycles. The molecule has 1 N–H and O–H groups in total. The molecule has 0 fully saturated rings. The minimum atomic E-state index is -0.353. The van der Waals surface area contributed by atoms with Crippen molar-refractivity contribution in [2.75, 3.05) is 25.2 Å². The number of thiophene rings is 1. The van der Waals surface area contributed by atoms with E-state index >= 15 is 0 Å².